The van der Waals surface area contributed by atoms with Crippen LogP contribution in [0.2, 0.25) is 0 Å². The van der Waals surface area contributed by atoms with E-state index in [1.165, 1.54) is 11.1 Å². The second-order valence-corrected chi connectivity index (χ2v) is 8.13. The van der Waals surface area contributed by atoms with E-state index in [2.05, 4.69) is 46.4 Å². The Morgan fingerprint density at radius 2 is 2.21 bits per heavy atom. The number of oxazole rings is 1. The van der Waals surface area contributed by atoms with Gasteiger partial charge in [-0.1, -0.05) is 53.9 Å². The molecule has 2 aromatic heterocycles. The van der Waals surface area contributed by atoms with Crippen LogP contribution < -0.4 is 4.87 Å². The molecule has 0 bridgehead atoms. The Bertz CT molecular complexity index is 1240. The molecule has 2 aliphatic carbocycles. The Balaban J connectivity index is 1.37. The number of nitrogens with zero attached hydrogens (tertiary/aromatic N) is 1. The van der Waals surface area contributed by atoms with Crippen molar-refractivity contribution < 1.29 is 9.52 Å². The molecule has 0 saturated heterocycles. The van der Waals surface area contributed by atoms with Gasteiger partial charge in [0.1, 0.15) is 5.52 Å². The number of aromatic nitrogens is 2. The van der Waals surface area contributed by atoms with E-state index in [1.54, 1.807) is 0 Å². The first kappa shape index (κ1) is 17.0. The number of nitrogens with one attached hydrogen (secondary N) is 1. The summed E-state index contributed by atoms with van der Waals surface area (Å²) in [6, 6.07) is 5.78. The van der Waals surface area contributed by atoms with E-state index >= 15 is 0 Å². The smallest absolute Gasteiger partial charge is 0.307 e. The molecule has 0 saturated carbocycles. The number of aromatic amines is 1. The van der Waals surface area contributed by atoms with Gasteiger partial charge in [-0.2, -0.15) is 0 Å². The highest BCUT2D eigenvalue weighted by atomic mass is 32.1. The first-order chi connectivity index (χ1) is 13.6. The van der Waals surface area contributed by atoms with E-state index in [4.69, 9.17) is 4.42 Å². The summed E-state index contributed by atoms with van der Waals surface area (Å²) in [6.07, 6.45) is 15.2. The second-order valence-electron chi connectivity index (χ2n) is 7.06. The molecule has 2 aliphatic rings. The third kappa shape index (κ3) is 3.27. The van der Waals surface area contributed by atoms with Crippen LogP contribution in [0.4, 0.5) is 0 Å². The number of thiazole rings is 1. The van der Waals surface area contributed by atoms with Gasteiger partial charge in [-0.25, -0.2) is 4.98 Å². The molecule has 0 radical (unpaired) electrons. The average Bonchev–Trinajstić information content (AvgIpc) is 3.23. The molecular weight excluding hydrogens is 372 g/mol. The van der Waals surface area contributed by atoms with Crippen LogP contribution in [-0.2, 0) is 12.8 Å². The van der Waals surface area contributed by atoms with Gasteiger partial charge in [0.25, 0.3) is 0 Å². The van der Waals surface area contributed by atoms with Crippen LogP contribution in [-0.4, -0.2) is 15.1 Å². The maximum atomic E-state index is 11.4. The van der Waals surface area contributed by atoms with Crippen molar-refractivity contribution in [2.75, 3.05) is 0 Å². The fraction of sp³-hybridized carbons (Fsp3) is 0.182. The molecule has 2 N–H and O–H groups in total. The zero-order valence-corrected chi connectivity index (χ0v) is 15.8. The van der Waals surface area contributed by atoms with Crippen molar-refractivity contribution >= 4 is 22.4 Å². The highest BCUT2D eigenvalue weighted by molar-refractivity contribution is 7.09. The number of H-pyrrole nitrogens is 1. The summed E-state index contributed by atoms with van der Waals surface area (Å²) < 4.78 is 5.92. The Labute approximate surface area is 165 Å². The number of hydrogen-bond acceptors (Lipinski definition) is 5. The maximum absolute atomic E-state index is 11.4. The summed E-state index contributed by atoms with van der Waals surface area (Å²) in [5.41, 5.74) is 5.06. The molecule has 2 heterocycles. The molecule has 3 aromatic rings. The molecule has 0 aliphatic heterocycles. The normalized spacial score (nSPS) is 18.2. The number of fused-ring (bicyclic) bond motifs is 2. The van der Waals surface area contributed by atoms with Gasteiger partial charge in [-0.15, -0.1) is 0 Å². The average molecular weight is 390 g/mol. The third-order valence-electron chi connectivity index (χ3n) is 5.07. The first-order valence-electron chi connectivity index (χ1n) is 9.19. The van der Waals surface area contributed by atoms with E-state index in [-0.39, 0.29) is 10.8 Å². The van der Waals surface area contributed by atoms with E-state index in [9.17, 15) is 9.90 Å². The van der Waals surface area contributed by atoms with Gasteiger partial charge >= 0.3 is 4.87 Å². The zero-order valence-electron chi connectivity index (χ0n) is 15.0. The van der Waals surface area contributed by atoms with E-state index in [0.29, 0.717) is 29.5 Å². The summed E-state index contributed by atoms with van der Waals surface area (Å²) in [7, 11) is 0. The van der Waals surface area contributed by atoms with E-state index < -0.39 is 0 Å². The molecule has 0 amide bonds. The summed E-state index contributed by atoms with van der Waals surface area (Å²) in [5.74, 6) is 1.12. The van der Waals surface area contributed by atoms with Crippen LogP contribution >= 0.6 is 11.3 Å². The first-order valence-corrected chi connectivity index (χ1v) is 10.0. The van der Waals surface area contributed by atoms with Crippen molar-refractivity contribution in [3.63, 3.8) is 0 Å². The summed E-state index contributed by atoms with van der Waals surface area (Å²) in [4.78, 5) is 18.8. The standard InChI is InChI=1S/C22H18N2O3S/c25-21-19(28-22(26)24-21)11-14-6-8-18-17(10-14)23-20(27-18)12-13-5-7-15-3-1-2-4-16(15)9-13/h1-6,8-10,15,25H,7,11-12H2,(H,24,26). The van der Waals surface area contributed by atoms with Gasteiger partial charge in [0.15, 0.2) is 11.5 Å². The minimum absolute atomic E-state index is 0.0573. The monoisotopic (exact) mass is 390 g/mol. The molecule has 6 heteroatoms. The Hall–Kier alpha value is -3.12. The number of rotatable bonds is 4. The predicted molar refractivity (Wildman–Crippen MR) is 110 cm³/mol. The number of aromatic hydroxyl groups is 1. The lowest BCUT2D eigenvalue weighted by atomic mass is 9.85. The Morgan fingerprint density at radius 3 is 3.07 bits per heavy atom. The second kappa shape index (κ2) is 6.80. The van der Waals surface area contributed by atoms with Crippen LogP contribution in [0.3, 0.4) is 0 Å². The number of benzene rings is 1. The lowest BCUT2D eigenvalue weighted by Gasteiger charge is -2.20. The molecule has 0 spiro atoms. The van der Waals surface area contributed by atoms with Crippen molar-refractivity contribution in [1.29, 1.82) is 0 Å². The Kier molecular flexibility index (Phi) is 4.13. The fourth-order valence-corrected chi connectivity index (χ4v) is 4.44. The van der Waals surface area contributed by atoms with Gasteiger partial charge in [0, 0.05) is 18.8 Å². The molecular formula is C22H18N2O3S. The summed E-state index contributed by atoms with van der Waals surface area (Å²) in [5, 5.41) is 9.77. The van der Waals surface area contributed by atoms with Crippen molar-refractivity contribution in [2.24, 2.45) is 5.92 Å². The Morgan fingerprint density at radius 1 is 1.29 bits per heavy atom. The summed E-state index contributed by atoms with van der Waals surface area (Å²) in [6.45, 7) is 0. The topological polar surface area (TPSA) is 79.1 Å². The van der Waals surface area contributed by atoms with Gasteiger partial charge in [-0.3, -0.25) is 9.78 Å². The van der Waals surface area contributed by atoms with Crippen LogP contribution in [0.5, 0.6) is 5.88 Å². The van der Waals surface area contributed by atoms with E-state index in [1.807, 2.05) is 18.2 Å². The fourth-order valence-electron chi connectivity index (χ4n) is 3.68. The highest BCUT2D eigenvalue weighted by Crippen LogP contribution is 2.30. The van der Waals surface area contributed by atoms with Crippen LogP contribution in [0.25, 0.3) is 11.1 Å². The molecule has 1 aromatic carbocycles. The molecule has 1 atom stereocenters. The molecule has 5 nitrogen and oxygen atoms in total. The van der Waals surface area contributed by atoms with Crippen LogP contribution in [0, 0.1) is 5.92 Å². The SMILES string of the molecule is O=c1[nH]c(O)c(Cc2ccc3oc(CC4=CCC5C=CC=CC5=C4)nc3c2)s1. The van der Waals surface area contributed by atoms with Gasteiger partial charge in [0.05, 0.1) is 4.88 Å². The highest BCUT2D eigenvalue weighted by Gasteiger charge is 2.17. The number of hydrogen-bond donors (Lipinski definition) is 2. The third-order valence-corrected chi connectivity index (χ3v) is 5.95. The van der Waals surface area contributed by atoms with Gasteiger partial charge in [0.2, 0.25) is 5.88 Å². The number of allylic oxidation sites excluding steroid dienone is 8. The lowest BCUT2D eigenvalue weighted by Crippen LogP contribution is -2.06. The van der Waals surface area contributed by atoms with Crippen molar-refractivity contribution in [1.82, 2.24) is 9.97 Å². The van der Waals surface area contributed by atoms with Crippen LogP contribution in [0.15, 0.2) is 75.0 Å². The van der Waals surface area contributed by atoms with Gasteiger partial charge < -0.3 is 9.52 Å². The predicted octanol–water partition coefficient (Wildman–Crippen LogP) is 4.42. The lowest BCUT2D eigenvalue weighted by molar-refractivity contribution is 0.451. The quantitative estimate of drug-likeness (QED) is 0.691. The van der Waals surface area contributed by atoms with E-state index in [0.717, 1.165) is 34.4 Å². The van der Waals surface area contributed by atoms with Crippen molar-refractivity contribution in [3.8, 4) is 5.88 Å². The van der Waals surface area contributed by atoms with Crippen molar-refractivity contribution in [3.05, 3.63) is 91.8 Å². The van der Waals surface area contributed by atoms with Crippen LogP contribution in [0.1, 0.15) is 22.8 Å². The van der Waals surface area contributed by atoms with Crippen molar-refractivity contribution in [2.45, 2.75) is 19.3 Å². The summed E-state index contributed by atoms with van der Waals surface area (Å²) >= 11 is 1.02. The molecule has 0 fully saturated rings. The molecule has 28 heavy (non-hydrogen) atoms. The largest absolute Gasteiger partial charge is 0.494 e. The molecule has 1 unspecified atom stereocenters. The zero-order chi connectivity index (χ0) is 19.1. The molecule has 140 valence electrons. The minimum Gasteiger partial charge on any atom is -0.494 e. The van der Waals surface area contributed by atoms with Gasteiger partial charge in [-0.05, 0) is 35.3 Å². The maximum Gasteiger partial charge on any atom is 0.307 e. The minimum atomic E-state index is -0.252. The molecule has 5 rings (SSSR count).